The molecule has 1 aliphatic heterocycles. The Kier molecular flexibility index (Phi) is 14.1. The molecule has 43 heavy (non-hydrogen) atoms. The number of fused-ring (bicyclic) bond motifs is 1. The van der Waals surface area contributed by atoms with Crippen LogP contribution in [-0.4, -0.2) is 24.9 Å². The molecular weight excluding hydrogens is 557 g/mol. The smallest absolute Gasteiger partial charge is 0.463 e. The van der Waals surface area contributed by atoms with Gasteiger partial charge in [0.2, 0.25) is 0 Å². The Balaban J connectivity index is 1.45. The number of hydrogen-bond donors (Lipinski definition) is 0. The van der Waals surface area contributed by atoms with Gasteiger partial charge in [0, 0.05) is 11.6 Å². The third-order valence-corrected chi connectivity index (χ3v) is 7.82. The average Bonchev–Trinajstić information content (AvgIpc) is 2.96. The topological polar surface area (TPSA) is 61.8 Å². The van der Waals surface area contributed by atoms with Gasteiger partial charge in [-0.3, -0.25) is 4.79 Å². The zero-order valence-electron chi connectivity index (χ0n) is 25.3. The molecule has 8 heteroatoms. The van der Waals surface area contributed by atoms with Gasteiger partial charge < -0.3 is 14.2 Å². The van der Waals surface area contributed by atoms with E-state index in [1.165, 1.54) is 31.4 Å². The van der Waals surface area contributed by atoms with Crippen molar-refractivity contribution in [3.05, 3.63) is 71.3 Å². The van der Waals surface area contributed by atoms with Crippen molar-refractivity contribution in [1.82, 2.24) is 0 Å². The number of carbonyl (C=O) groups is 2. The van der Waals surface area contributed by atoms with Crippen molar-refractivity contribution in [3.63, 3.8) is 0 Å². The number of unbranched alkanes of at least 4 members (excludes halogenated alkanes) is 10. The molecule has 3 rings (SSSR count). The molecule has 5 nitrogen and oxygen atoms in total. The van der Waals surface area contributed by atoms with E-state index in [1.807, 2.05) is 18.2 Å². The van der Waals surface area contributed by atoms with E-state index >= 15 is 0 Å². The van der Waals surface area contributed by atoms with E-state index in [4.69, 9.17) is 9.47 Å². The maximum atomic E-state index is 13.2. The summed E-state index contributed by atoms with van der Waals surface area (Å²) in [5.74, 6) is -1.62. The minimum absolute atomic E-state index is 0.199. The highest BCUT2D eigenvalue weighted by molar-refractivity contribution is 5.84. The molecule has 2 aromatic rings. The first-order chi connectivity index (χ1) is 20.7. The van der Waals surface area contributed by atoms with E-state index in [-0.39, 0.29) is 23.7 Å². The molecule has 0 aliphatic carbocycles. The second-order valence-electron chi connectivity index (χ2n) is 11.3. The maximum absolute atomic E-state index is 13.2. The number of hydrogen-bond acceptors (Lipinski definition) is 5. The summed E-state index contributed by atoms with van der Waals surface area (Å²) < 4.78 is 54.7. The Hall–Kier alpha value is -3.29. The van der Waals surface area contributed by atoms with Crippen LogP contribution in [0.5, 0.6) is 11.5 Å². The van der Waals surface area contributed by atoms with E-state index in [2.05, 4.69) is 18.2 Å². The van der Waals surface area contributed by atoms with Crippen molar-refractivity contribution in [2.75, 3.05) is 6.61 Å². The standard InChI is InChI=1S/C35H45F3O5/c1-3-5-13-16-27-19-21-29(32(24-27)43-35(36,37)38)30-25-28-20-18-26(23-31(28)42-34(30)40)17-14-11-9-7-6-8-10-12-15-22-41-33(39)4-2/h4,18-21,23-24,30H,2-3,5-17,22,25H2,1H3. The van der Waals surface area contributed by atoms with Crippen LogP contribution in [0.1, 0.15) is 112 Å². The number of esters is 2. The summed E-state index contributed by atoms with van der Waals surface area (Å²) in [6, 6.07) is 10.6. The minimum Gasteiger partial charge on any atom is -0.463 e. The molecule has 0 bridgehead atoms. The van der Waals surface area contributed by atoms with Crippen molar-refractivity contribution in [3.8, 4) is 11.5 Å². The molecule has 0 amide bonds. The molecule has 1 heterocycles. The predicted molar refractivity (Wildman–Crippen MR) is 161 cm³/mol. The van der Waals surface area contributed by atoms with Crippen LogP contribution >= 0.6 is 0 Å². The van der Waals surface area contributed by atoms with Gasteiger partial charge in [0.05, 0.1) is 12.5 Å². The molecule has 0 saturated carbocycles. The predicted octanol–water partition coefficient (Wildman–Crippen LogP) is 9.35. The molecule has 236 valence electrons. The quantitative estimate of drug-likeness (QED) is 0.0694. The van der Waals surface area contributed by atoms with Crippen LogP contribution in [0.15, 0.2) is 49.1 Å². The first-order valence-electron chi connectivity index (χ1n) is 15.7. The molecule has 1 atom stereocenters. The Morgan fingerprint density at radius 1 is 0.907 bits per heavy atom. The number of rotatable bonds is 19. The monoisotopic (exact) mass is 602 g/mol. The molecule has 2 aromatic carbocycles. The lowest BCUT2D eigenvalue weighted by Gasteiger charge is -2.26. The van der Waals surface area contributed by atoms with Crippen LogP contribution in [0, 0.1) is 0 Å². The largest absolute Gasteiger partial charge is 0.573 e. The summed E-state index contributed by atoms with van der Waals surface area (Å²) in [6.45, 7) is 5.90. The van der Waals surface area contributed by atoms with Gasteiger partial charge in [0.1, 0.15) is 11.5 Å². The van der Waals surface area contributed by atoms with Crippen LogP contribution in [0.25, 0.3) is 0 Å². The van der Waals surface area contributed by atoms with Crippen LogP contribution in [0.4, 0.5) is 13.2 Å². The molecular formula is C35H45F3O5. The summed E-state index contributed by atoms with van der Waals surface area (Å²) in [5.41, 5.74) is 2.84. The van der Waals surface area contributed by atoms with Gasteiger partial charge in [0.25, 0.3) is 0 Å². The van der Waals surface area contributed by atoms with E-state index in [1.54, 1.807) is 12.1 Å². The SMILES string of the molecule is C=CC(=O)OCCCCCCCCCCCc1ccc2c(c1)OC(=O)C(c1ccc(CCCCC)cc1OC(F)(F)F)C2. The Morgan fingerprint density at radius 3 is 2.16 bits per heavy atom. The number of ether oxygens (including phenoxy) is 3. The molecule has 0 fully saturated rings. The first kappa shape index (κ1) is 34.2. The fraction of sp³-hybridized carbons (Fsp3) is 0.543. The molecule has 1 unspecified atom stereocenters. The Bertz CT molecular complexity index is 1190. The van der Waals surface area contributed by atoms with Crippen molar-refractivity contribution >= 4 is 11.9 Å². The van der Waals surface area contributed by atoms with Gasteiger partial charge in [-0.05, 0) is 67.3 Å². The third kappa shape index (κ3) is 12.1. The molecule has 1 aliphatic rings. The van der Waals surface area contributed by atoms with E-state index in [0.29, 0.717) is 18.8 Å². The first-order valence-corrected chi connectivity index (χ1v) is 15.7. The van der Waals surface area contributed by atoms with Crippen molar-refractivity contribution in [2.24, 2.45) is 0 Å². The summed E-state index contributed by atoms with van der Waals surface area (Å²) in [4.78, 5) is 24.0. The Labute approximate surface area is 253 Å². The normalized spacial score (nSPS) is 14.6. The van der Waals surface area contributed by atoms with Gasteiger partial charge in [-0.1, -0.05) is 95.6 Å². The van der Waals surface area contributed by atoms with Crippen LogP contribution in [0.2, 0.25) is 0 Å². The van der Waals surface area contributed by atoms with Gasteiger partial charge in [-0.2, -0.15) is 0 Å². The van der Waals surface area contributed by atoms with Crippen LogP contribution in [0.3, 0.4) is 0 Å². The number of alkyl halides is 3. The Morgan fingerprint density at radius 2 is 1.51 bits per heavy atom. The van der Waals surface area contributed by atoms with E-state index in [0.717, 1.165) is 80.9 Å². The highest BCUT2D eigenvalue weighted by Crippen LogP contribution is 2.39. The van der Waals surface area contributed by atoms with E-state index in [9.17, 15) is 22.8 Å². The lowest BCUT2D eigenvalue weighted by molar-refractivity contribution is -0.275. The molecule has 0 aromatic heterocycles. The summed E-state index contributed by atoms with van der Waals surface area (Å²) in [5, 5.41) is 0. The zero-order chi connectivity index (χ0) is 31.1. The molecule has 0 radical (unpaired) electrons. The van der Waals surface area contributed by atoms with Crippen molar-refractivity contribution in [2.45, 2.75) is 116 Å². The van der Waals surface area contributed by atoms with Crippen molar-refractivity contribution in [1.29, 1.82) is 0 Å². The zero-order valence-corrected chi connectivity index (χ0v) is 25.3. The van der Waals surface area contributed by atoms with Gasteiger partial charge >= 0.3 is 18.3 Å². The summed E-state index contributed by atoms with van der Waals surface area (Å²) in [7, 11) is 0. The second-order valence-corrected chi connectivity index (χ2v) is 11.3. The lowest BCUT2D eigenvalue weighted by Crippen LogP contribution is -2.27. The number of halogens is 3. The number of carbonyl (C=O) groups excluding carboxylic acids is 2. The highest BCUT2D eigenvalue weighted by Gasteiger charge is 2.37. The van der Waals surface area contributed by atoms with Gasteiger partial charge in [-0.25, -0.2) is 4.79 Å². The number of benzene rings is 2. The van der Waals surface area contributed by atoms with Crippen LogP contribution in [-0.2, 0) is 33.6 Å². The second kappa shape index (κ2) is 17.7. The average molecular weight is 603 g/mol. The van der Waals surface area contributed by atoms with Crippen LogP contribution < -0.4 is 9.47 Å². The van der Waals surface area contributed by atoms with E-state index < -0.39 is 18.2 Å². The molecule has 0 N–H and O–H groups in total. The third-order valence-electron chi connectivity index (χ3n) is 7.82. The maximum Gasteiger partial charge on any atom is 0.573 e. The van der Waals surface area contributed by atoms with Crippen molar-refractivity contribution < 1.29 is 37.0 Å². The van der Waals surface area contributed by atoms with Gasteiger partial charge in [0.15, 0.2) is 0 Å². The van der Waals surface area contributed by atoms with Gasteiger partial charge in [-0.15, -0.1) is 13.2 Å². The number of aryl methyl sites for hydroxylation is 2. The fourth-order valence-corrected chi connectivity index (χ4v) is 5.45. The molecule has 0 saturated heterocycles. The minimum atomic E-state index is -4.85. The lowest BCUT2D eigenvalue weighted by atomic mass is 9.87. The molecule has 0 spiro atoms. The highest BCUT2D eigenvalue weighted by atomic mass is 19.4. The summed E-state index contributed by atoms with van der Waals surface area (Å²) in [6.07, 6.45) is 11.0. The fourth-order valence-electron chi connectivity index (χ4n) is 5.45. The summed E-state index contributed by atoms with van der Waals surface area (Å²) >= 11 is 0.